The molecule has 3 saturated heterocycles. The van der Waals surface area contributed by atoms with E-state index in [4.69, 9.17) is 9.47 Å². The van der Waals surface area contributed by atoms with Gasteiger partial charge in [0.25, 0.3) is 5.91 Å². The lowest BCUT2D eigenvalue weighted by molar-refractivity contribution is -0.161. The Balaban J connectivity index is 1.56. The quantitative estimate of drug-likeness (QED) is 0.134. The van der Waals surface area contributed by atoms with Gasteiger partial charge in [-0.1, -0.05) is 96.9 Å². The molecular weight excluding hydrogens is 714 g/mol. The first-order valence-electron chi connectivity index (χ1n) is 17.8. The number of benzene rings is 2. The standard InChI is InChI=1S/C40H50BrN3O7/c1-7-10-19-31(46)42-22-30(27-17-12-11-13-18-27)50-39(49)32-33-37(47)44(29(23-45)24(4)9-3)36(40(33)21-28(41)35(32)51-40)38(48)43(20-8-2)34-25(5)15-14-16-26(34)6/h7-8,11-18,24,28-30,32-33,35-36,45H,1-2,9-10,19-23H2,3-6H3,(H,42,46)/t24-,28?,29-,30+,32+,33-,35+,36+,40-/m0/s1. The molecule has 5 rings (SSSR count). The highest BCUT2D eigenvalue weighted by molar-refractivity contribution is 9.09. The number of alkyl halides is 1. The summed E-state index contributed by atoms with van der Waals surface area (Å²) in [6.07, 6.45) is 3.45. The molecule has 3 fully saturated rings. The number of esters is 1. The first-order chi connectivity index (χ1) is 24.4. The average Bonchev–Trinajstić information content (AvgIpc) is 3.72. The second-order valence-corrected chi connectivity index (χ2v) is 15.2. The summed E-state index contributed by atoms with van der Waals surface area (Å²) in [6, 6.07) is 13.1. The number of ether oxygens (including phenoxy) is 2. The Kier molecular flexibility index (Phi) is 12.2. The van der Waals surface area contributed by atoms with Crippen molar-refractivity contribution in [3.63, 3.8) is 0 Å². The Bertz CT molecular complexity index is 1610. The second kappa shape index (κ2) is 16.3. The summed E-state index contributed by atoms with van der Waals surface area (Å²) in [7, 11) is 0. The summed E-state index contributed by atoms with van der Waals surface area (Å²) in [5.74, 6) is -3.85. The second-order valence-electron chi connectivity index (χ2n) is 14.0. The number of carbonyl (C=O) groups excluding carboxylic acids is 4. The van der Waals surface area contributed by atoms with E-state index in [2.05, 4.69) is 34.4 Å². The van der Waals surface area contributed by atoms with Gasteiger partial charge in [-0.25, -0.2) is 0 Å². The van der Waals surface area contributed by atoms with Crippen LogP contribution in [0.2, 0.25) is 0 Å². The van der Waals surface area contributed by atoms with Crippen LogP contribution in [0, 0.1) is 31.6 Å². The van der Waals surface area contributed by atoms with E-state index in [9.17, 15) is 19.5 Å². The third-order valence-electron chi connectivity index (χ3n) is 10.9. The van der Waals surface area contributed by atoms with E-state index in [1.54, 1.807) is 17.1 Å². The van der Waals surface area contributed by atoms with Crippen LogP contribution in [0.1, 0.15) is 62.3 Å². The first-order valence-corrected chi connectivity index (χ1v) is 18.7. The van der Waals surface area contributed by atoms with Crippen molar-refractivity contribution in [2.45, 2.75) is 88.1 Å². The molecule has 0 aromatic heterocycles. The van der Waals surface area contributed by atoms with Crippen LogP contribution in [0.25, 0.3) is 0 Å². The summed E-state index contributed by atoms with van der Waals surface area (Å²) in [5, 5.41) is 13.7. The van der Waals surface area contributed by atoms with Crippen molar-refractivity contribution in [1.29, 1.82) is 0 Å². The summed E-state index contributed by atoms with van der Waals surface area (Å²) in [4.78, 5) is 59.9. The molecule has 11 heteroatoms. The number of rotatable bonds is 16. The van der Waals surface area contributed by atoms with Crippen LogP contribution in [-0.4, -0.2) is 82.0 Å². The van der Waals surface area contributed by atoms with Gasteiger partial charge in [0.2, 0.25) is 11.8 Å². The van der Waals surface area contributed by atoms with Crippen LogP contribution in [-0.2, 0) is 28.7 Å². The molecule has 3 aliphatic heterocycles. The zero-order valence-electron chi connectivity index (χ0n) is 29.9. The van der Waals surface area contributed by atoms with Gasteiger partial charge in [0.1, 0.15) is 17.7 Å². The number of hydrogen-bond donors (Lipinski definition) is 2. The first kappa shape index (κ1) is 38.4. The summed E-state index contributed by atoms with van der Waals surface area (Å²) in [6.45, 7) is 15.2. The van der Waals surface area contributed by atoms with Crippen molar-refractivity contribution in [2.24, 2.45) is 17.8 Å². The fraction of sp³-hybridized carbons (Fsp3) is 0.500. The van der Waals surface area contributed by atoms with E-state index in [1.807, 2.05) is 76.2 Å². The predicted octanol–water partition coefficient (Wildman–Crippen LogP) is 5.34. The van der Waals surface area contributed by atoms with Gasteiger partial charge in [-0.15, -0.1) is 13.2 Å². The zero-order valence-corrected chi connectivity index (χ0v) is 31.5. The zero-order chi connectivity index (χ0) is 37.0. The number of hydrogen-bond acceptors (Lipinski definition) is 7. The Labute approximate surface area is 309 Å². The lowest BCUT2D eigenvalue weighted by Gasteiger charge is -2.41. The molecule has 10 nitrogen and oxygen atoms in total. The van der Waals surface area contributed by atoms with Crippen LogP contribution in [0.15, 0.2) is 73.8 Å². The van der Waals surface area contributed by atoms with Gasteiger partial charge in [-0.2, -0.15) is 0 Å². The number of anilines is 1. The molecule has 0 saturated carbocycles. The number of nitrogens with one attached hydrogen (secondary N) is 1. The van der Waals surface area contributed by atoms with Gasteiger partial charge < -0.3 is 29.7 Å². The van der Waals surface area contributed by atoms with Crippen molar-refractivity contribution in [2.75, 3.05) is 24.6 Å². The lowest BCUT2D eigenvalue weighted by Crippen LogP contribution is -2.60. The number of halogens is 1. The maximum absolute atomic E-state index is 15.2. The number of fused-ring (bicyclic) bond motifs is 1. The van der Waals surface area contributed by atoms with Gasteiger partial charge >= 0.3 is 5.97 Å². The van der Waals surface area contributed by atoms with Crippen molar-refractivity contribution < 1.29 is 33.8 Å². The Hall–Kier alpha value is -3.80. The topological polar surface area (TPSA) is 125 Å². The van der Waals surface area contributed by atoms with Crippen molar-refractivity contribution in [3.05, 3.63) is 90.5 Å². The Morgan fingerprint density at radius 1 is 1.14 bits per heavy atom. The van der Waals surface area contributed by atoms with Gasteiger partial charge in [0, 0.05) is 23.5 Å². The summed E-state index contributed by atoms with van der Waals surface area (Å²) < 4.78 is 13.0. The number of carbonyl (C=O) groups is 4. The van der Waals surface area contributed by atoms with Crippen molar-refractivity contribution in [1.82, 2.24) is 10.2 Å². The van der Waals surface area contributed by atoms with E-state index >= 15 is 4.79 Å². The minimum absolute atomic E-state index is 0.0333. The summed E-state index contributed by atoms with van der Waals surface area (Å²) >= 11 is 3.75. The molecular formula is C40H50BrN3O7. The number of likely N-dealkylation sites (tertiary alicyclic amines) is 1. The van der Waals surface area contributed by atoms with Crippen LogP contribution < -0.4 is 10.2 Å². The average molecular weight is 765 g/mol. The molecule has 2 bridgehead atoms. The fourth-order valence-electron chi connectivity index (χ4n) is 8.23. The minimum atomic E-state index is -1.37. The number of amides is 3. The maximum Gasteiger partial charge on any atom is 0.313 e. The molecule has 2 aromatic carbocycles. The van der Waals surface area contributed by atoms with Crippen molar-refractivity contribution in [3.8, 4) is 0 Å². The number of nitrogens with zero attached hydrogens (tertiary/aromatic N) is 2. The fourth-order valence-corrected chi connectivity index (χ4v) is 9.17. The Morgan fingerprint density at radius 3 is 2.43 bits per heavy atom. The number of aryl methyl sites for hydroxylation is 2. The normalized spacial score (nSPS) is 26.6. The number of allylic oxidation sites excluding steroid dienone is 1. The molecule has 3 heterocycles. The molecule has 3 amide bonds. The Morgan fingerprint density at radius 2 is 1.82 bits per heavy atom. The van der Waals surface area contributed by atoms with Crippen LogP contribution >= 0.6 is 15.9 Å². The van der Waals surface area contributed by atoms with E-state index in [0.717, 1.165) is 16.8 Å². The molecule has 0 aliphatic carbocycles. The van der Waals surface area contributed by atoms with E-state index in [-0.39, 0.29) is 48.7 Å². The smallest absolute Gasteiger partial charge is 0.313 e. The third kappa shape index (κ3) is 7.17. The molecule has 3 aliphatic rings. The number of para-hydroxylation sites is 1. The molecule has 274 valence electrons. The molecule has 2 aromatic rings. The van der Waals surface area contributed by atoms with Gasteiger partial charge in [-0.05, 0) is 49.3 Å². The van der Waals surface area contributed by atoms with Gasteiger partial charge in [0.15, 0.2) is 0 Å². The highest BCUT2D eigenvalue weighted by atomic mass is 79.9. The number of aliphatic hydroxyl groups excluding tert-OH is 1. The highest BCUT2D eigenvalue weighted by Gasteiger charge is 2.78. The minimum Gasteiger partial charge on any atom is -0.455 e. The van der Waals surface area contributed by atoms with Crippen LogP contribution in [0.5, 0.6) is 0 Å². The molecule has 2 N–H and O–H groups in total. The maximum atomic E-state index is 15.2. The molecule has 1 unspecified atom stereocenters. The summed E-state index contributed by atoms with van der Waals surface area (Å²) in [5.41, 5.74) is 1.81. The van der Waals surface area contributed by atoms with Gasteiger partial charge in [0.05, 0.1) is 37.1 Å². The largest absolute Gasteiger partial charge is 0.455 e. The van der Waals surface area contributed by atoms with E-state index < -0.39 is 53.6 Å². The van der Waals surface area contributed by atoms with Crippen molar-refractivity contribution >= 4 is 45.3 Å². The molecule has 1 spiro atoms. The number of aliphatic hydroxyl groups is 1. The van der Waals surface area contributed by atoms with Gasteiger partial charge in [-0.3, -0.25) is 19.2 Å². The molecule has 9 atom stereocenters. The SMILES string of the molecule is C=CCCC(=O)NC[C@@H](OC(=O)[C@H]1[C@@H]2O[C@@]3(CC2Br)[C@@H]1C(=O)N([C@@H](CO)[C@@H](C)CC)[C@@H]3C(=O)N(CC=C)c1c(C)cccc1C)c1ccccc1. The van der Waals surface area contributed by atoms with E-state index in [1.165, 1.54) is 4.90 Å². The predicted molar refractivity (Wildman–Crippen MR) is 199 cm³/mol. The lowest BCUT2D eigenvalue weighted by atomic mass is 9.70. The van der Waals surface area contributed by atoms with Crippen LogP contribution in [0.3, 0.4) is 0 Å². The van der Waals surface area contributed by atoms with E-state index in [0.29, 0.717) is 24.8 Å². The monoisotopic (exact) mass is 763 g/mol. The highest BCUT2D eigenvalue weighted by Crippen LogP contribution is 2.61. The third-order valence-corrected chi connectivity index (χ3v) is 11.7. The van der Waals surface area contributed by atoms with Crippen LogP contribution in [0.4, 0.5) is 5.69 Å². The molecule has 51 heavy (non-hydrogen) atoms. The molecule has 0 radical (unpaired) electrons.